The molecule has 4 rings (SSSR count). The van der Waals surface area contributed by atoms with Gasteiger partial charge in [-0.1, -0.05) is 12.1 Å². The first-order chi connectivity index (χ1) is 13.7. The van der Waals surface area contributed by atoms with Crippen LogP contribution in [0.1, 0.15) is 26.2 Å². The number of carbonyl (C=O) groups excluding carboxylic acids is 1. The second-order valence-corrected chi connectivity index (χ2v) is 7.10. The highest BCUT2D eigenvalue weighted by molar-refractivity contribution is 5.91. The quantitative estimate of drug-likeness (QED) is 0.740. The van der Waals surface area contributed by atoms with Gasteiger partial charge in [0.05, 0.1) is 22.9 Å². The van der Waals surface area contributed by atoms with Gasteiger partial charge in [-0.2, -0.15) is 0 Å². The Kier molecular flexibility index (Phi) is 5.14. The lowest BCUT2D eigenvalue weighted by Gasteiger charge is -2.27. The summed E-state index contributed by atoms with van der Waals surface area (Å²) in [5, 5.41) is 2.85. The molecule has 1 aliphatic heterocycles. The van der Waals surface area contributed by atoms with Gasteiger partial charge in [-0.25, -0.2) is 9.78 Å². The van der Waals surface area contributed by atoms with E-state index in [-0.39, 0.29) is 18.1 Å². The lowest BCUT2D eigenvalue weighted by molar-refractivity contribution is -0.116. The van der Waals surface area contributed by atoms with Crippen LogP contribution in [-0.4, -0.2) is 33.1 Å². The van der Waals surface area contributed by atoms with Gasteiger partial charge in [-0.3, -0.25) is 13.9 Å². The van der Waals surface area contributed by atoms with Crippen LogP contribution in [0, 0.1) is 0 Å². The Balaban J connectivity index is 1.48. The molecule has 0 radical (unpaired) electrons. The summed E-state index contributed by atoms with van der Waals surface area (Å²) in [7, 11) is 0. The number of fused-ring (bicyclic) bond motifs is 1. The van der Waals surface area contributed by atoms with Crippen molar-refractivity contribution in [1.82, 2.24) is 14.1 Å². The van der Waals surface area contributed by atoms with E-state index in [1.54, 1.807) is 10.8 Å². The molecule has 0 spiro atoms. The van der Waals surface area contributed by atoms with Gasteiger partial charge in [0.2, 0.25) is 5.91 Å². The molecule has 1 saturated heterocycles. The van der Waals surface area contributed by atoms with E-state index in [2.05, 4.69) is 15.2 Å². The number of piperidine rings is 1. The number of nitrogens with one attached hydrogen (secondary N) is 1. The van der Waals surface area contributed by atoms with Crippen LogP contribution in [0.4, 0.5) is 11.5 Å². The number of nitrogens with zero attached hydrogens (tertiary/aromatic N) is 4. The molecule has 7 nitrogen and oxygen atoms in total. The number of amides is 1. The summed E-state index contributed by atoms with van der Waals surface area (Å²) in [4.78, 5) is 32.0. The van der Waals surface area contributed by atoms with Crippen LogP contribution in [0.2, 0.25) is 0 Å². The second-order valence-electron chi connectivity index (χ2n) is 7.10. The summed E-state index contributed by atoms with van der Waals surface area (Å²) in [5.41, 5.74) is 2.08. The summed E-state index contributed by atoms with van der Waals surface area (Å²) >= 11 is 0. The van der Waals surface area contributed by atoms with E-state index in [1.165, 1.54) is 23.8 Å². The number of anilines is 2. The number of pyridine rings is 1. The zero-order valence-electron chi connectivity index (χ0n) is 16.1. The van der Waals surface area contributed by atoms with E-state index in [9.17, 15) is 9.59 Å². The molecule has 1 amide bonds. The first kappa shape index (κ1) is 18.3. The van der Waals surface area contributed by atoms with Gasteiger partial charge >= 0.3 is 5.69 Å². The molecule has 0 aliphatic carbocycles. The summed E-state index contributed by atoms with van der Waals surface area (Å²) < 4.78 is 3.20. The van der Waals surface area contributed by atoms with Crippen molar-refractivity contribution >= 4 is 28.4 Å². The number of para-hydroxylation sites is 2. The SMILES string of the molecule is CCn1c(=O)n(CC(=O)Nc2ccc(N3CCCCC3)nc2)c2ccccc21. The monoisotopic (exact) mass is 379 g/mol. The zero-order chi connectivity index (χ0) is 19.5. The van der Waals surface area contributed by atoms with E-state index in [0.29, 0.717) is 12.2 Å². The Morgan fingerprint density at radius 3 is 2.39 bits per heavy atom. The van der Waals surface area contributed by atoms with Crippen molar-refractivity contribution in [1.29, 1.82) is 0 Å². The van der Waals surface area contributed by atoms with Crippen LogP contribution in [0.5, 0.6) is 0 Å². The maximum absolute atomic E-state index is 12.7. The number of benzene rings is 1. The molecule has 7 heteroatoms. The van der Waals surface area contributed by atoms with Gasteiger partial charge in [0.1, 0.15) is 12.4 Å². The maximum atomic E-state index is 12.7. The molecule has 0 unspecified atom stereocenters. The Hall–Kier alpha value is -3.09. The number of hydrogen-bond acceptors (Lipinski definition) is 4. The minimum atomic E-state index is -0.242. The Morgan fingerprint density at radius 1 is 1.04 bits per heavy atom. The van der Waals surface area contributed by atoms with E-state index in [1.807, 2.05) is 43.3 Å². The lowest BCUT2D eigenvalue weighted by Crippen LogP contribution is -2.30. The van der Waals surface area contributed by atoms with Crippen LogP contribution < -0.4 is 15.9 Å². The Labute approximate surface area is 163 Å². The number of aromatic nitrogens is 3. The van der Waals surface area contributed by atoms with Gasteiger partial charge in [0.15, 0.2) is 0 Å². The van der Waals surface area contributed by atoms with Gasteiger partial charge in [-0.05, 0) is 50.5 Å². The molecule has 0 bridgehead atoms. The summed E-state index contributed by atoms with van der Waals surface area (Å²) in [6.07, 6.45) is 5.35. The fourth-order valence-electron chi connectivity index (χ4n) is 3.85. The fourth-order valence-corrected chi connectivity index (χ4v) is 3.85. The average molecular weight is 379 g/mol. The molecule has 28 heavy (non-hydrogen) atoms. The fraction of sp³-hybridized carbons (Fsp3) is 0.381. The Morgan fingerprint density at radius 2 is 1.75 bits per heavy atom. The maximum Gasteiger partial charge on any atom is 0.329 e. The molecule has 1 aromatic carbocycles. The molecule has 0 saturated carbocycles. The highest BCUT2D eigenvalue weighted by atomic mass is 16.2. The van der Waals surface area contributed by atoms with Crippen LogP contribution in [0.25, 0.3) is 11.0 Å². The molecule has 2 aromatic heterocycles. The van der Waals surface area contributed by atoms with Crippen molar-refractivity contribution in [2.45, 2.75) is 39.3 Å². The van der Waals surface area contributed by atoms with Crippen molar-refractivity contribution in [3.05, 3.63) is 53.1 Å². The number of hydrogen-bond donors (Lipinski definition) is 1. The molecule has 1 N–H and O–H groups in total. The van der Waals surface area contributed by atoms with Crippen LogP contribution in [0.15, 0.2) is 47.4 Å². The highest BCUT2D eigenvalue weighted by Crippen LogP contribution is 2.19. The zero-order valence-corrected chi connectivity index (χ0v) is 16.1. The van der Waals surface area contributed by atoms with Crippen molar-refractivity contribution in [3.63, 3.8) is 0 Å². The van der Waals surface area contributed by atoms with E-state index in [4.69, 9.17) is 0 Å². The van der Waals surface area contributed by atoms with Crippen LogP contribution in [0.3, 0.4) is 0 Å². The minimum absolute atomic E-state index is 0.0276. The predicted molar refractivity (Wildman–Crippen MR) is 111 cm³/mol. The predicted octanol–water partition coefficient (Wildman–Crippen LogP) is 2.85. The summed E-state index contributed by atoms with van der Waals surface area (Å²) in [6.45, 7) is 4.52. The Bertz CT molecular complexity index is 1030. The first-order valence-corrected chi connectivity index (χ1v) is 9.86. The van der Waals surface area contributed by atoms with Crippen molar-refractivity contribution in [2.24, 2.45) is 0 Å². The van der Waals surface area contributed by atoms with Crippen molar-refractivity contribution < 1.29 is 4.79 Å². The molecule has 146 valence electrons. The number of imidazole rings is 1. The van der Waals surface area contributed by atoms with Gasteiger partial charge in [0, 0.05) is 19.6 Å². The smallest absolute Gasteiger partial charge is 0.329 e. The standard InChI is InChI=1S/C21H25N5O2/c1-2-25-17-8-4-5-9-18(17)26(21(25)28)15-20(27)23-16-10-11-19(22-14-16)24-12-6-3-7-13-24/h4-5,8-11,14H,2-3,6-7,12-13,15H2,1H3,(H,23,27). The third-order valence-corrected chi connectivity index (χ3v) is 5.25. The third kappa shape index (κ3) is 3.52. The third-order valence-electron chi connectivity index (χ3n) is 5.25. The average Bonchev–Trinajstić information content (AvgIpc) is 3.00. The summed E-state index contributed by atoms with van der Waals surface area (Å²) in [5.74, 6) is 0.702. The molecule has 1 fully saturated rings. The normalized spacial score (nSPS) is 14.4. The van der Waals surface area contributed by atoms with Crippen molar-refractivity contribution in [2.75, 3.05) is 23.3 Å². The van der Waals surface area contributed by atoms with E-state index in [0.717, 1.165) is 29.9 Å². The molecule has 0 atom stereocenters. The molecular weight excluding hydrogens is 354 g/mol. The first-order valence-electron chi connectivity index (χ1n) is 9.86. The molecular formula is C21H25N5O2. The summed E-state index contributed by atoms with van der Waals surface area (Å²) in [6, 6.07) is 11.3. The van der Waals surface area contributed by atoms with Crippen LogP contribution >= 0.6 is 0 Å². The van der Waals surface area contributed by atoms with Crippen LogP contribution in [-0.2, 0) is 17.9 Å². The second kappa shape index (κ2) is 7.88. The number of rotatable bonds is 5. The highest BCUT2D eigenvalue weighted by Gasteiger charge is 2.15. The molecule has 3 aromatic rings. The van der Waals surface area contributed by atoms with Gasteiger partial charge in [-0.15, -0.1) is 0 Å². The molecule has 3 heterocycles. The largest absolute Gasteiger partial charge is 0.357 e. The van der Waals surface area contributed by atoms with Gasteiger partial charge < -0.3 is 10.2 Å². The lowest BCUT2D eigenvalue weighted by atomic mass is 10.1. The van der Waals surface area contributed by atoms with Gasteiger partial charge in [0.25, 0.3) is 0 Å². The van der Waals surface area contributed by atoms with Crippen molar-refractivity contribution in [3.8, 4) is 0 Å². The number of aryl methyl sites for hydroxylation is 1. The minimum Gasteiger partial charge on any atom is -0.357 e. The molecule has 1 aliphatic rings. The van der Waals surface area contributed by atoms with E-state index >= 15 is 0 Å². The number of carbonyl (C=O) groups is 1. The van der Waals surface area contributed by atoms with E-state index < -0.39 is 0 Å². The topological polar surface area (TPSA) is 72.2 Å².